The van der Waals surface area contributed by atoms with E-state index < -0.39 is 17.3 Å². The van der Waals surface area contributed by atoms with Crippen molar-refractivity contribution in [1.29, 1.82) is 0 Å². The third-order valence-corrected chi connectivity index (χ3v) is 4.26. The third kappa shape index (κ3) is 4.49. The van der Waals surface area contributed by atoms with Crippen molar-refractivity contribution >= 4 is 17.3 Å². The molecule has 3 N–H and O–H groups in total. The molecular formula is C13H21N3O2S. The third-order valence-electron chi connectivity index (χ3n) is 2.65. The molecule has 0 saturated heterocycles. The number of hydrogen-bond acceptors (Lipinski definition) is 4. The normalized spacial score (nSPS) is 15.0. The molecule has 0 radical (unpaired) electrons. The molecule has 0 aromatic carbocycles. The molecule has 0 aliphatic heterocycles. The van der Waals surface area contributed by atoms with Crippen LogP contribution in [0, 0.1) is 0 Å². The summed E-state index contributed by atoms with van der Waals surface area (Å²) in [6.07, 6.45) is 2.30. The smallest absolute Gasteiger partial charge is 0.267 e. The fraction of sp³-hybridized carbons (Fsp3) is 0.538. The minimum atomic E-state index is -1.17. The quantitative estimate of drug-likeness (QED) is 0.804. The highest BCUT2D eigenvalue weighted by atomic mass is 32.2. The van der Waals surface area contributed by atoms with Crippen LogP contribution in [-0.4, -0.2) is 20.2 Å². The van der Waals surface area contributed by atoms with Crippen LogP contribution in [0.5, 0.6) is 0 Å². The highest BCUT2D eigenvalue weighted by Gasteiger charge is 2.29. The van der Waals surface area contributed by atoms with Crippen LogP contribution in [0.4, 0.5) is 0 Å². The molecule has 6 heteroatoms. The number of pyridine rings is 1. The van der Waals surface area contributed by atoms with Crippen molar-refractivity contribution in [3.8, 4) is 0 Å². The van der Waals surface area contributed by atoms with E-state index in [2.05, 4.69) is 9.71 Å². The molecule has 1 aromatic heterocycles. The van der Waals surface area contributed by atoms with Crippen LogP contribution < -0.4 is 10.5 Å². The van der Waals surface area contributed by atoms with Gasteiger partial charge in [0, 0.05) is 17.6 Å². The monoisotopic (exact) mass is 283 g/mol. The van der Waals surface area contributed by atoms with Gasteiger partial charge in [-0.1, -0.05) is 6.92 Å². The number of hydrogen-bond donors (Lipinski definition) is 2. The summed E-state index contributed by atoms with van der Waals surface area (Å²) < 4.78 is 14.9. The van der Waals surface area contributed by atoms with Gasteiger partial charge in [-0.3, -0.25) is 9.78 Å². The van der Waals surface area contributed by atoms with E-state index in [1.165, 1.54) is 0 Å². The van der Waals surface area contributed by atoms with Crippen LogP contribution in [0.25, 0.3) is 0 Å². The van der Waals surface area contributed by atoms with Gasteiger partial charge in [0.25, 0.3) is 5.91 Å². The molecule has 2 atom stereocenters. The number of primary amides is 1. The Kier molecular flexibility index (Phi) is 5.34. The zero-order valence-corrected chi connectivity index (χ0v) is 12.6. The Bertz CT molecular complexity index is 446. The molecule has 1 aromatic rings. The standard InChI is InChI=1S/C13H21N3O2S/c1-5-10(16-19(18)13(2,3)4)9-6-7-15-11(8-9)12(14)17/h6-8,10,16H,5H2,1-4H3,(H2,14,17)/t10-,19?/m0/s1. The number of amides is 1. The summed E-state index contributed by atoms with van der Waals surface area (Å²) in [7, 11) is 0. The van der Waals surface area contributed by atoms with Gasteiger partial charge in [0.15, 0.2) is 0 Å². The maximum Gasteiger partial charge on any atom is 0.267 e. The molecule has 0 saturated carbocycles. The minimum Gasteiger partial charge on any atom is -0.598 e. The molecule has 0 aliphatic rings. The van der Waals surface area contributed by atoms with E-state index in [1.54, 1.807) is 18.3 Å². The Morgan fingerprint density at radius 2 is 2.21 bits per heavy atom. The van der Waals surface area contributed by atoms with Crippen LogP contribution in [-0.2, 0) is 11.4 Å². The molecule has 0 bridgehead atoms. The van der Waals surface area contributed by atoms with Gasteiger partial charge in [0.05, 0.1) is 6.04 Å². The zero-order chi connectivity index (χ0) is 14.6. The van der Waals surface area contributed by atoms with Crippen LogP contribution in [0.1, 0.15) is 56.2 Å². The SMILES string of the molecule is CC[C@H](N[S+]([O-])C(C)(C)C)c1ccnc(C(N)=O)c1. The van der Waals surface area contributed by atoms with Gasteiger partial charge in [-0.05, 0) is 44.9 Å². The molecule has 19 heavy (non-hydrogen) atoms. The fourth-order valence-corrected chi connectivity index (χ4v) is 2.41. The highest BCUT2D eigenvalue weighted by molar-refractivity contribution is 7.90. The molecule has 0 fully saturated rings. The predicted molar refractivity (Wildman–Crippen MR) is 76.8 cm³/mol. The number of rotatable bonds is 5. The summed E-state index contributed by atoms with van der Waals surface area (Å²) >= 11 is -1.17. The molecule has 106 valence electrons. The Hall–Kier alpha value is -1.11. The first-order valence-electron chi connectivity index (χ1n) is 6.19. The van der Waals surface area contributed by atoms with E-state index in [1.807, 2.05) is 27.7 Å². The Balaban J connectivity index is 2.91. The van der Waals surface area contributed by atoms with E-state index in [0.717, 1.165) is 12.0 Å². The Labute approximate surface area is 117 Å². The van der Waals surface area contributed by atoms with Gasteiger partial charge in [-0.25, -0.2) is 0 Å². The van der Waals surface area contributed by atoms with Crippen molar-refractivity contribution in [1.82, 2.24) is 9.71 Å². The van der Waals surface area contributed by atoms with Gasteiger partial charge >= 0.3 is 0 Å². The molecule has 1 amide bonds. The van der Waals surface area contributed by atoms with Crippen molar-refractivity contribution in [3.05, 3.63) is 29.6 Å². The topological polar surface area (TPSA) is 91.1 Å². The number of carbonyl (C=O) groups is 1. The van der Waals surface area contributed by atoms with Crippen molar-refractivity contribution in [3.63, 3.8) is 0 Å². The lowest BCUT2D eigenvalue weighted by Crippen LogP contribution is -2.41. The maximum atomic E-state index is 12.1. The van der Waals surface area contributed by atoms with Crippen LogP contribution >= 0.6 is 0 Å². The first kappa shape index (κ1) is 15.9. The van der Waals surface area contributed by atoms with Crippen molar-refractivity contribution in [2.24, 2.45) is 5.73 Å². The number of nitrogens with zero attached hydrogens (tertiary/aromatic N) is 1. The number of nitrogens with one attached hydrogen (secondary N) is 1. The van der Waals surface area contributed by atoms with E-state index in [9.17, 15) is 9.35 Å². The summed E-state index contributed by atoms with van der Waals surface area (Å²) in [5.74, 6) is -0.561. The number of nitrogens with two attached hydrogens (primary N) is 1. The largest absolute Gasteiger partial charge is 0.598 e. The van der Waals surface area contributed by atoms with E-state index in [-0.39, 0.29) is 16.5 Å². The lowest BCUT2D eigenvalue weighted by Gasteiger charge is -2.27. The van der Waals surface area contributed by atoms with Crippen LogP contribution in [0.3, 0.4) is 0 Å². The summed E-state index contributed by atoms with van der Waals surface area (Å²) in [4.78, 5) is 15.0. The maximum absolute atomic E-state index is 12.1. The minimum absolute atomic E-state index is 0.0961. The second-order valence-electron chi connectivity index (χ2n) is 5.30. The van der Waals surface area contributed by atoms with Gasteiger partial charge in [0.2, 0.25) is 0 Å². The van der Waals surface area contributed by atoms with Crippen molar-refractivity contribution in [2.75, 3.05) is 0 Å². The van der Waals surface area contributed by atoms with E-state index in [0.29, 0.717) is 0 Å². The summed E-state index contributed by atoms with van der Waals surface area (Å²) in [5, 5.41) is 0. The van der Waals surface area contributed by atoms with Gasteiger partial charge in [-0.15, -0.1) is 4.72 Å². The Morgan fingerprint density at radius 1 is 1.58 bits per heavy atom. The van der Waals surface area contributed by atoms with E-state index >= 15 is 0 Å². The van der Waals surface area contributed by atoms with Gasteiger partial charge < -0.3 is 10.3 Å². The average molecular weight is 283 g/mol. The highest BCUT2D eigenvalue weighted by Crippen LogP contribution is 2.22. The lowest BCUT2D eigenvalue weighted by atomic mass is 10.1. The van der Waals surface area contributed by atoms with Gasteiger partial charge in [-0.2, -0.15) is 0 Å². The second kappa shape index (κ2) is 6.36. The van der Waals surface area contributed by atoms with Crippen molar-refractivity contribution < 1.29 is 9.35 Å². The molecule has 1 unspecified atom stereocenters. The summed E-state index contributed by atoms with van der Waals surface area (Å²) in [5.41, 5.74) is 6.30. The van der Waals surface area contributed by atoms with E-state index in [4.69, 9.17) is 5.73 Å². The predicted octanol–water partition coefficient (Wildman–Crippen LogP) is 1.68. The first-order valence-corrected chi connectivity index (χ1v) is 7.34. The molecule has 0 aliphatic carbocycles. The molecular weight excluding hydrogens is 262 g/mol. The number of aromatic nitrogens is 1. The zero-order valence-electron chi connectivity index (χ0n) is 11.8. The van der Waals surface area contributed by atoms with Crippen LogP contribution in [0.2, 0.25) is 0 Å². The Morgan fingerprint density at radius 3 is 2.68 bits per heavy atom. The lowest BCUT2D eigenvalue weighted by molar-refractivity contribution is 0.0995. The molecule has 5 nitrogen and oxygen atoms in total. The van der Waals surface area contributed by atoms with Crippen molar-refractivity contribution in [2.45, 2.75) is 44.9 Å². The second-order valence-corrected chi connectivity index (χ2v) is 7.30. The summed E-state index contributed by atoms with van der Waals surface area (Å²) in [6, 6.07) is 3.35. The van der Waals surface area contributed by atoms with Crippen LogP contribution in [0.15, 0.2) is 18.3 Å². The number of carbonyl (C=O) groups excluding carboxylic acids is 1. The molecule has 1 heterocycles. The average Bonchev–Trinajstić information content (AvgIpc) is 2.34. The first-order chi connectivity index (χ1) is 8.75. The van der Waals surface area contributed by atoms with Gasteiger partial charge in [0.1, 0.15) is 10.4 Å². The molecule has 1 rings (SSSR count). The summed E-state index contributed by atoms with van der Waals surface area (Å²) in [6.45, 7) is 7.71. The fourth-order valence-electron chi connectivity index (χ4n) is 1.49. The molecule has 0 spiro atoms.